The maximum absolute atomic E-state index is 4.22. The van der Waals surface area contributed by atoms with Crippen LogP contribution in [0.25, 0.3) is 0 Å². The highest BCUT2D eigenvalue weighted by Gasteiger charge is 2.04. The molecule has 0 fully saturated rings. The van der Waals surface area contributed by atoms with E-state index in [2.05, 4.69) is 43.2 Å². The third-order valence-corrected chi connectivity index (χ3v) is 3.03. The van der Waals surface area contributed by atoms with Crippen molar-refractivity contribution in [3.8, 4) is 0 Å². The molecule has 0 saturated carbocycles. The highest BCUT2D eigenvalue weighted by atomic mass is 32.1. The van der Waals surface area contributed by atoms with Crippen LogP contribution in [0.15, 0.2) is 23.7 Å². The fourth-order valence-electron chi connectivity index (χ4n) is 1.77. The van der Waals surface area contributed by atoms with Gasteiger partial charge in [-0.25, -0.2) is 4.98 Å². The molecule has 2 aromatic rings. The van der Waals surface area contributed by atoms with Crippen LogP contribution in [0.5, 0.6) is 0 Å². The Labute approximate surface area is 94.0 Å². The number of thiazole rings is 1. The molecular formula is C12H14N2S. The zero-order valence-corrected chi connectivity index (χ0v) is 9.98. The molecule has 3 heteroatoms. The number of nitrogens with one attached hydrogen (secondary N) is 1. The van der Waals surface area contributed by atoms with Gasteiger partial charge in [-0.2, -0.15) is 0 Å². The van der Waals surface area contributed by atoms with Gasteiger partial charge in [-0.1, -0.05) is 17.7 Å². The molecule has 1 N–H and O–H groups in total. The molecule has 0 aliphatic carbocycles. The van der Waals surface area contributed by atoms with Crippen molar-refractivity contribution in [2.24, 2.45) is 0 Å². The van der Waals surface area contributed by atoms with Gasteiger partial charge in [0.2, 0.25) is 0 Å². The summed E-state index contributed by atoms with van der Waals surface area (Å²) < 4.78 is 0. The van der Waals surface area contributed by atoms with Crippen LogP contribution in [0.2, 0.25) is 0 Å². The van der Waals surface area contributed by atoms with Crippen LogP contribution in [-0.4, -0.2) is 4.98 Å². The molecule has 78 valence electrons. The van der Waals surface area contributed by atoms with E-state index in [9.17, 15) is 0 Å². The fraction of sp³-hybridized carbons (Fsp3) is 0.250. The zero-order valence-electron chi connectivity index (χ0n) is 9.16. The fourth-order valence-corrected chi connectivity index (χ4v) is 2.30. The molecule has 2 nitrogen and oxygen atoms in total. The molecule has 1 aromatic heterocycles. The molecule has 0 atom stereocenters. The van der Waals surface area contributed by atoms with Gasteiger partial charge in [0.05, 0.1) is 0 Å². The van der Waals surface area contributed by atoms with E-state index in [-0.39, 0.29) is 0 Å². The number of aryl methyl sites for hydroxylation is 3. The van der Waals surface area contributed by atoms with Crippen LogP contribution < -0.4 is 5.32 Å². The molecule has 1 aromatic carbocycles. The summed E-state index contributed by atoms with van der Waals surface area (Å²) in [5.41, 5.74) is 5.01. The lowest BCUT2D eigenvalue weighted by Crippen LogP contribution is -1.96. The second kappa shape index (κ2) is 4.03. The largest absolute Gasteiger partial charge is 0.331 e. The standard InChI is InChI=1S/C12H14N2S/c1-8-6-9(2)11(10(3)7-8)14-12-13-4-5-15-12/h4-7H,1-3H3,(H,13,14). The third kappa shape index (κ3) is 2.18. The van der Waals surface area contributed by atoms with Crippen molar-refractivity contribution in [1.29, 1.82) is 0 Å². The lowest BCUT2D eigenvalue weighted by atomic mass is 10.1. The minimum absolute atomic E-state index is 0.949. The number of hydrogen-bond donors (Lipinski definition) is 1. The molecule has 0 amide bonds. The molecule has 0 unspecified atom stereocenters. The van der Waals surface area contributed by atoms with Gasteiger partial charge in [-0.05, 0) is 31.9 Å². The number of hydrogen-bond acceptors (Lipinski definition) is 3. The van der Waals surface area contributed by atoms with E-state index >= 15 is 0 Å². The highest BCUT2D eigenvalue weighted by molar-refractivity contribution is 7.13. The summed E-state index contributed by atoms with van der Waals surface area (Å²) in [6.45, 7) is 6.36. The van der Waals surface area contributed by atoms with Crippen LogP contribution in [-0.2, 0) is 0 Å². The second-order valence-corrected chi connectivity index (χ2v) is 4.63. The lowest BCUT2D eigenvalue weighted by Gasteiger charge is -2.11. The number of rotatable bonds is 2. The zero-order chi connectivity index (χ0) is 10.8. The summed E-state index contributed by atoms with van der Waals surface area (Å²) in [4.78, 5) is 4.22. The first-order chi connectivity index (χ1) is 7.16. The van der Waals surface area contributed by atoms with Crippen molar-refractivity contribution in [3.05, 3.63) is 40.4 Å². The number of aromatic nitrogens is 1. The second-order valence-electron chi connectivity index (χ2n) is 3.74. The van der Waals surface area contributed by atoms with E-state index < -0.39 is 0 Å². The SMILES string of the molecule is Cc1cc(C)c(Nc2nccs2)c(C)c1. The van der Waals surface area contributed by atoms with Crippen molar-refractivity contribution >= 4 is 22.2 Å². The van der Waals surface area contributed by atoms with E-state index in [0.29, 0.717) is 0 Å². The summed E-state index contributed by atoms with van der Waals surface area (Å²) in [6, 6.07) is 4.37. The van der Waals surface area contributed by atoms with E-state index in [4.69, 9.17) is 0 Å². The molecule has 0 bridgehead atoms. The van der Waals surface area contributed by atoms with Crippen molar-refractivity contribution in [2.75, 3.05) is 5.32 Å². The Morgan fingerprint density at radius 3 is 2.33 bits per heavy atom. The maximum atomic E-state index is 4.22. The van der Waals surface area contributed by atoms with Crippen molar-refractivity contribution in [1.82, 2.24) is 4.98 Å². The normalized spacial score (nSPS) is 10.3. The average Bonchev–Trinajstić information content (AvgIpc) is 2.63. The van der Waals surface area contributed by atoms with E-state index in [1.807, 2.05) is 11.6 Å². The average molecular weight is 218 g/mol. The van der Waals surface area contributed by atoms with Crippen molar-refractivity contribution in [3.63, 3.8) is 0 Å². The van der Waals surface area contributed by atoms with E-state index in [1.54, 1.807) is 11.3 Å². The molecule has 0 radical (unpaired) electrons. The summed E-state index contributed by atoms with van der Waals surface area (Å²) in [6.07, 6.45) is 1.81. The summed E-state index contributed by atoms with van der Waals surface area (Å²) in [5.74, 6) is 0. The van der Waals surface area contributed by atoms with E-state index in [1.165, 1.54) is 22.4 Å². The molecule has 1 heterocycles. The van der Waals surface area contributed by atoms with Gasteiger partial charge in [0, 0.05) is 17.3 Å². The summed E-state index contributed by atoms with van der Waals surface area (Å²) >= 11 is 1.62. The number of anilines is 2. The van der Waals surface area contributed by atoms with Crippen molar-refractivity contribution < 1.29 is 0 Å². The highest BCUT2D eigenvalue weighted by Crippen LogP contribution is 2.26. The van der Waals surface area contributed by atoms with Crippen LogP contribution in [0.4, 0.5) is 10.8 Å². The molecule has 0 saturated heterocycles. The summed E-state index contributed by atoms with van der Waals surface area (Å²) in [7, 11) is 0. The van der Waals surface area contributed by atoms with Gasteiger partial charge in [-0.3, -0.25) is 0 Å². The van der Waals surface area contributed by atoms with Gasteiger partial charge < -0.3 is 5.32 Å². The Balaban J connectivity index is 2.36. The molecule has 0 aliphatic heterocycles. The van der Waals surface area contributed by atoms with Gasteiger partial charge >= 0.3 is 0 Å². The van der Waals surface area contributed by atoms with Crippen LogP contribution in [0.1, 0.15) is 16.7 Å². The first kappa shape index (κ1) is 10.2. The Morgan fingerprint density at radius 1 is 1.13 bits per heavy atom. The van der Waals surface area contributed by atoms with Gasteiger partial charge in [0.1, 0.15) is 0 Å². The number of nitrogens with zero attached hydrogens (tertiary/aromatic N) is 1. The topological polar surface area (TPSA) is 24.9 Å². The smallest absolute Gasteiger partial charge is 0.187 e. The number of benzene rings is 1. The van der Waals surface area contributed by atoms with Gasteiger partial charge in [0.15, 0.2) is 5.13 Å². The maximum Gasteiger partial charge on any atom is 0.187 e. The first-order valence-corrected chi connectivity index (χ1v) is 5.79. The van der Waals surface area contributed by atoms with Crippen LogP contribution in [0.3, 0.4) is 0 Å². The predicted molar refractivity (Wildman–Crippen MR) is 66.0 cm³/mol. The molecule has 2 rings (SSSR count). The monoisotopic (exact) mass is 218 g/mol. The molecule has 15 heavy (non-hydrogen) atoms. The van der Waals surface area contributed by atoms with E-state index in [0.717, 1.165) is 5.13 Å². The van der Waals surface area contributed by atoms with Crippen LogP contribution in [0, 0.1) is 20.8 Å². The summed E-state index contributed by atoms with van der Waals surface area (Å²) in [5, 5.41) is 6.28. The van der Waals surface area contributed by atoms with Crippen LogP contribution >= 0.6 is 11.3 Å². The Morgan fingerprint density at radius 2 is 1.80 bits per heavy atom. The Hall–Kier alpha value is -1.35. The Bertz CT molecular complexity index is 437. The predicted octanol–water partition coefficient (Wildman–Crippen LogP) is 3.81. The minimum Gasteiger partial charge on any atom is -0.331 e. The van der Waals surface area contributed by atoms with Crippen molar-refractivity contribution in [2.45, 2.75) is 20.8 Å². The third-order valence-electron chi connectivity index (χ3n) is 2.34. The van der Waals surface area contributed by atoms with Gasteiger partial charge in [-0.15, -0.1) is 11.3 Å². The minimum atomic E-state index is 0.949. The molecule has 0 spiro atoms. The quantitative estimate of drug-likeness (QED) is 0.829. The molecule has 0 aliphatic rings. The Kier molecular flexibility index (Phi) is 2.73. The lowest BCUT2D eigenvalue weighted by molar-refractivity contribution is 1.29. The van der Waals surface area contributed by atoms with Gasteiger partial charge in [0.25, 0.3) is 0 Å². The first-order valence-electron chi connectivity index (χ1n) is 4.91. The molecular weight excluding hydrogens is 204 g/mol.